The minimum Gasteiger partial charge on any atom is -0.481 e. The van der Waals surface area contributed by atoms with Crippen molar-refractivity contribution in [2.24, 2.45) is 17.4 Å². The first-order chi connectivity index (χ1) is 8.13. The zero-order valence-corrected chi connectivity index (χ0v) is 11.2. The molecule has 0 aliphatic carbocycles. The van der Waals surface area contributed by atoms with Crippen LogP contribution in [0.15, 0.2) is 0 Å². The molecule has 0 aliphatic rings. The molecule has 1 atom stereocenters. The van der Waals surface area contributed by atoms with Gasteiger partial charge in [-0.2, -0.15) is 0 Å². The molecule has 0 rings (SSSR count). The Bertz CT molecular complexity index is 162. The highest BCUT2D eigenvalue weighted by atomic mass is 16.4. The third kappa shape index (κ3) is 15.4. The van der Waals surface area contributed by atoms with Crippen LogP contribution in [-0.2, 0) is 4.79 Å². The number of nitrogens with one attached hydrogen (secondary N) is 1. The molecule has 1 unspecified atom stereocenters. The molecule has 0 spiro atoms. The first-order valence-corrected chi connectivity index (χ1v) is 6.47. The van der Waals surface area contributed by atoms with Crippen LogP contribution in [-0.4, -0.2) is 37.3 Å². The van der Waals surface area contributed by atoms with E-state index in [1.165, 1.54) is 0 Å². The number of unbranched alkanes of at least 4 members (excludes halogenated alkanes) is 1. The summed E-state index contributed by atoms with van der Waals surface area (Å²) < 4.78 is 0. The Morgan fingerprint density at radius 3 is 2.06 bits per heavy atom. The minimum atomic E-state index is -0.643. The summed E-state index contributed by atoms with van der Waals surface area (Å²) in [6.07, 6.45) is 3.71. The normalized spacial score (nSPS) is 11.5. The number of carboxylic acids is 1. The van der Waals surface area contributed by atoms with E-state index in [0.717, 1.165) is 38.8 Å². The summed E-state index contributed by atoms with van der Waals surface area (Å²) in [4.78, 5) is 10.4. The SMILES string of the molecule is CCCCC(CC)C(=O)O.NCCNCCN. The second-order valence-corrected chi connectivity index (χ2v) is 3.91. The van der Waals surface area contributed by atoms with Crippen molar-refractivity contribution in [1.82, 2.24) is 5.32 Å². The van der Waals surface area contributed by atoms with Gasteiger partial charge in [0.25, 0.3) is 0 Å². The van der Waals surface area contributed by atoms with Crippen molar-refractivity contribution >= 4 is 5.97 Å². The summed E-state index contributed by atoms with van der Waals surface area (Å²) in [5, 5.41) is 11.6. The topological polar surface area (TPSA) is 101 Å². The van der Waals surface area contributed by atoms with Gasteiger partial charge in [-0.1, -0.05) is 26.7 Å². The van der Waals surface area contributed by atoms with Gasteiger partial charge in [0, 0.05) is 26.2 Å². The summed E-state index contributed by atoms with van der Waals surface area (Å²) in [7, 11) is 0. The van der Waals surface area contributed by atoms with Gasteiger partial charge in [-0.15, -0.1) is 0 Å². The van der Waals surface area contributed by atoms with E-state index in [2.05, 4.69) is 12.2 Å². The molecule has 6 N–H and O–H groups in total. The van der Waals surface area contributed by atoms with Crippen LogP contribution in [0.3, 0.4) is 0 Å². The van der Waals surface area contributed by atoms with E-state index in [1.807, 2.05) is 6.92 Å². The van der Waals surface area contributed by atoms with Gasteiger partial charge in [0.2, 0.25) is 0 Å². The van der Waals surface area contributed by atoms with E-state index in [4.69, 9.17) is 16.6 Å². The van der Waals surface area contributed by atoms with Crippen LogP contribution in [0.1, 0.15) is 39.5 Å². The van der Waals surface area contributed by atoms with Crippen molar-refractivity contribution in [3.63, 3.8) is 0 Å². The Labute approximate surface area is 105 Å². The van der Waals surface area contributed by atoms with Crippen LogP contribution in [0.5, 0.6) is 0 Å². The maximum Gasteiger partial charge on any atom is 0.306 e. The fourth-order valence-corrected chi connectivity index (χ4v) is 1.28. The lowest BCUT2D eigenvalue weighted by Gasteiger charge is -2.06. The van der Waals surface area contributed by atoms with Crippen molar-refractivity contribution in [2.45, 2.75) is 39.5 Å². The molecule has 0 bridgehead atoms. The fraction of sp³-hybridized carbons (Fsp3) is 0.917. The molecule has 0 heterocycles. The van der Waals surface area contributed by atoms with E-state index in [1.54, 1.807) is 0 Å². The highest BCUT2D eigenvalue weighted by Crippen LogP contribution is 2.11. The number of rotatable bonds is 9. The number of carboxylic acid groups (broad SMARTS) is 1. The third-order valence-corrected chi connectivity index (χ3v) is 2.39. The van der Waals surface area contributed by atoms with Crippen LogP contribution in [0, 0.1) is 5.92 Å². The number of aliphatic carboxylic acids is 1. The first-order valence-electron chi connectivity index (χ1n) is 6.47. The smallest absolute Gasteiger partial charge is 0.306 e. The molecular formula is C12H29N3O2. The second-order valence-electron chi connectivity index (χ2n) is 3.91. The van der Waals surface area contributed by atoms with Crippen LogP contribution < -0.4 is 16.8 Å². The molecule has 0 aromatic heterocycles. The van der Waals surface area contributed by atoms with Gasteiger partial charge < -0.3 is 21.9 Å². The average molecular weight is 247 g/mol. The predicted molar refractivity (Wildman–Crippen MR) is 71.9 cm³/mol. The molecule has 5 heteroatoms. The molecule has 0 aliphatic heterocycles. The molecule has 5 nitrogen and oxygen atoms in total. The molecule has 0 aromatic carbocycles. The number of hydrogen-bond donors (Lipinski definition) is 4. The second kappa shape index (κ2) is 15.4. The number of carbonyl (C=O) groups is 1. The summed E-state index contributed by atoms with van der Waals surface area (Å²) in [6.45, 7) is 7.14. The van der Waals surface area contributed by atoms with Gasteiger partial charge in [0.1, 0.15) is 0 Å². The fourth-order valence-electron chi connectivity index (χ4n) is 1.28. The summed E-state index contributed by atoms with van der Waals surface area (Å²) in [5.74, 6) is -0.754. The molecule has 0 aromatic rings. The van der Waals surface area contributed by atoms with Crippen LogP contribution in [0.4, 0.5) is 0 Å². The Kier molecular flexibility index (Phi) is 16.9. The Morgan fingerprint density at radius 1 is 1.24 bits per heavy atom. The Hall–Kier alpha value is -0.650. The zero-order valence-electron chi connectivity index (χ0n) is 11.2. The van der Waals surface area contributed by atoms with Crippen LogP contribution in [0.2, 0.25) is 0 Å². The minimum absolute atomic E-state index is 0.111. The van der Waals surface area contributed by atoms with Gasteiger partial charge in [-0.05, 0) is 12.8 Å². The van der Waals surface area contributed by atoms with Crippen molar-refractivity contribution in [3.8, 4) is 0 Å². The van der Waals surface area contributed by atoms with Gasteiger partial charge >= 0.3 is 5.97 Å². The van der Waals surface area contributed by atoms with Gasteiger partial charge in [-0.3, -0.25) is 4.79 Å². The van der Waals surface area contributed by atoms with Crippen molar-refractivity contribution in [1.29, 1.82) is 0 Å². The first kappa shape index (κ1) is 18.7. The highest BCUT2D eigenvalue weighted by Gasteiger charge is 2.12. The zero-order chi connectivity index (χ0) is 13.5. The maximum atomic E-state index is 10.4. The lowest BCUT2D eigenvalue weighted by atomic mass is 10.00. The largest absolute Gasteiger partial charge is 0.481 e. The maximum absolute atomic E-state index is 10.4. The van der Waals surface area contributed by atoms with E-state index in [9.17, 15) is 4.79 Å². The molecule has 0 radical (unpaired) electrons. The molecule has 0 saturated carbocycles. The van der Waals surface area contributed by atoms with Gasteiger partial charge in [-0.25, -0.2) is 0 Å². The van der Waals surface area contributed by atoms with Crippen molar-refractivity contribution in [2.75, 3.05) is 26.2 Å². The van der Waals surface area contributed by atoms with E-state index < -0.39 is 5.97 Å². The summed E-state index contributed by atoms with van der Waals surface area (Å²) in [6, 6.07) is 0. The number of hydrogen-bond acceptors (Lipinski definition) is 4. The van der Waals surface area contributed by atoms with E-state index in [-0.39, 0.29) is 5.92 Å². The molecule has 0 amide bonds. The quantitative estimate of drug-likeness (QED) is 0.451. The number of nitrogens with two attached hydrogens (primary N) is 2. The third-order valence-electron chi connectivity index (χ3n) is 2.39. The molecular weight excluding hydrogens is 218 g/mol. The standard InChI is InChI=1S/C8H16O2.C4H13N3/c1-3-5-6-7(4-2)8(9)10;5-1-3-7-4-2-6/h7H,3-6H2,1-2H3,(H,9,10);7H,1-6H2. The molecule has 17 heavy (non-hydrogen) atoms. The van der Waals surface area contributed by atoms with Gasteiger partial charge in [0.05, 0.1) is 5.92 Å². The lowest BCUT2D eigenvalue weighted by molar-refractivity contribution is -0.142. The summed E-state index contributed by atoms with van der Waals surface area (Å²) >= 11 is 0. The average Bonchev–Trinajstić information content (AvgIpc) is 2.31. The van der Waals surface area contributed by atoms with Crippen molar-refractivity contribution in [3.05, 3.63) is 0 Å². The molecule has 104 valence electrons. The van der Waals surface area contributed by atoms with Gasteiger partial charge in [0.15, 0.2) is 0 Å². The Balaban J connectivity index is 0. The van der Waals surface area contributed by atoms with Crippen LogP contribution >= 0.6 is 0 Å². The molecule has 0 fully saturated rings. The van der Waals surface area contributed by atoms with Crippen molar-refractivity contribution < 1.29 is 9.90 Å². The van der Waals surface area contributed by atoms with Crippen LogP contribution in [0.25, 0.3) is 0 Å². The predicted octanol–water partition coefficient (Wildman–Crippen LogP) is 0.781. The highest BCUT2D eigenvalue weighted by molar-refractivity contribution is 5.69. The van der Waals surface area contributed by atoms with E-state index >= 15 is 0 Å². The summed E-state index contributed by atoms with van der Waals surface area (Å²) in [5.41, 5.74) is 10.3. The molecule has 0 saturated heterocycles. The van der Waals surface area contributed by atoms with E-state index in [0.29, 0.717) is 13.1 Å². The monoisotopic (exact) mass is 247 g/mol. The Morgan fingerprint density at radius 2 is 1.76 bits per heavy atom. The lowest BCUT2D eigenvalue weighted by Crippen LogP contribution is -2.27.